The normalized spacial score (nSPS) is 18.8. The van der Waals surface area contributed by atoms with E-state index in [1.165, 1.54) is 21.9 Å². The van der Waals surface area contributed by atoms with E-state index in [0.29, 0.717) is 0 Å². The van der Waals surface area contributed by atoms with Crippen LogP contribution >= 0.6 is 0 Å². The number of fused-ring (bicyclic) bond motifs is 2. The van der Waals surface area contributed by atoms with E-state index in [2.05, 4.69) is 81.8 Å². The second kappa shape index (κ2) is 8.95. The molecule has 6 heteroatoms. The van der Waals surface area contributed by atoms with Crippen LogP contribution in [0.3, 0.4) is 0 Å². The highest BCUT2D eigenvalue weighted by Crippen LogP contribution is 2.34. The fourth-order valence-electron chi connectivity index (χ4n) is 5.10. The molecule has 0 radical (unpaired) electrons. The standard InChI is InChI=1S/C29H28N4O2/c1-20-17-33(19-30-20)26-13-12-21(16-27(26)34-2)15-23-9-6-14-32-18-28(35-31-29(23)32)25-11-5-8-22-7-3-4-10-24(22)25/h3-5,7-8,10-13,15-17,19,28H,6,9,14,18H2,1-2H3/b23-15+. The maximum atomic E-state index is 6.10. The summed E-state index contributed by atoms with van der Waals surface area (Å²) in [5.74, 6) is 1.75. The summed E-state index contributed by atoms with van der Waals surface area (Å²) in [6.45, 7) is 3.77. The molecule has 3 heterocycles. The topological polar surface area (TPSA) is 51.9 Å². The van der Waals surface area contributed by atoms with Crippen molar-refractivity contribution in [2.45, 2.75) is 25.9 Å². The van der Waals surface area contributed by atoms with Gasteiger partial charge in [-0.25, -0.2) is 4.98 Å². The predicted molar refractivity (Wildman–Crippen MR) is 139 cm³/mol. The molecule has 1 atom stereocenters. The van der Waals surface area contributed by atoms with Gasteiger partial charge in [-0.05, 0) is 59.9 Å². The minimum Gasteiger partial charge on any atom is -0.495 e. The molecule has 0 bridgehead atoms. The van der Waals surface area contributed by atoms with E-state index in [9.17, 15) is 0 Å². The zero-order valence-electron chi connectivity index (χ0n) is 20.0. The number of hydrogen-bond acceptors (Lipinski definition) is 5. The molecule has 0 amide bonds. The van der Waals surface area contributed by atoms with Crippen molar-refractivity contribution in [1.82, 2.24) is 14.5 Å². The highest BCUT2D eigenvalue weighted by Gasteiger charge is 2.31. The molecule has 1 aromatic heterocycles. The van der Waals surface area contributed by atoms with Gasteiger partial charge in [0.05, 0.1) is 31.4 Å². The molecule has 1 saturated heterocycles. The number of aromatic nitrogens is 2. The van der Waals surface area contributed by atoms with E-state index in [-0.39, 0.29) is 6.10 Å². The van der Waals surface area contributed by atoms with Crippen molar-refractivity contribution in [2.24, 2.45) is 5.16 Å². The van der Waals surface area contributed by atoms with Crippen LogP contribution in [0.1, 0.15) is 35.8 Å². The molecule has 1 fully saturated rings. The first-order valence-electron chi connectivity index (χ1n) is 12.1. The van der Waals surface area contributed by atoms with Gasteiger partial charge in [0.2, 0.25) is 0 Å². The highest BCUT2D eigenvalue weighted by atomic mass is 16.6. The van der Waals surface area contributed by atoms with E-state index < -0.39 is 0 Å². The minimum absolute atomic E-state index is 0.0813. The first kappa shape index (κ1) is 21.5. The number of oxime groups is 1. The third-order valence-electron chi connectivity index (χ3n) is 6.82. The average molecular weight is 465 g/mol. The monoisotopic (exact) mass is 464 g/mol. The lowest BCUT2D eigenvalue weighted by molar-refractivity contribution is 0.0192. The molecule has 6 rings (SSSR count). The van der Waals surface area contributed by atoms with Gasteiger partial charge in [-0.1, -0.05) is 53.7 Å². The van der Waals surface area contributed by atoms with Crippen molar-refractivity contribution in [3.8, 4) is 11.4 Å². The largest absolute Gasteiger partial charge is 0.495 e. The van der Waals surface area contributed by atoms with Crippen molar-refractivity contribution >= 4 is 22.7 Å². The molecule has 6 nitrogen and oxygen atoms in total. The van der Waals surface area contributed by atoms with Crippen LogP contribution in [0.25, 0.3) is 22.5 Å². The van der Waals surface area contributed by atoms with Crippen LogP contribution in [-0.2, 0) is 4.84 Å². The van der Waals surface area contributed by atoms with Crippen LogP contribution in [-0.4, -0.2) is 40.5 Å². The Morgan fingerprint density at radius 2 is 1.97 bits per heavy atom. The molecule has 4 aromatic rings. The zero-order valence-corrected chi connectivity index (χ0v) is 20.0. The van der Waals surface area contributed by atoms with Crippen molar-refractivity contribution in [2.75, 3.05) is 20.2 Å². The molecule has 2 aliphatic rings. The summed E-state index contributed by atoms with van der Waals surface area (Å²) in [7, 11) is 1.70. The summed E-state index contributed by atoms with van der Waals surface area (Å²) in [5.41, 5.74) is 5.41. The molecule has 0 saturated carbocycles. The minimum atomic E-state index is -0.0813. The Morgan fingerprint density at radius 3 is 2.83 bits per heavy atom. The van der Waals surface area contributed by atoms with E-state index in [4.69, 9.17) is 9.57 Å². The Kier molecular flexibility index (Phi) is 5.49. The maximum absolute atomic E-state index is 6.10. The molecular formula is C29H28N4O2. The lowest BCUT2D eigenvalue weighted by Crippen LogP contribution is -2.43. The fourth-order valence-corrected chi connectivity index (χ4v) is 5.10. The lowest BCUT2D eigenvalue weighted by Gasteiger charge is -2.37. The first-order chi connectivity index (χ1) is 17.2. The molecule has 35 heavy (non-hydrogen) atoms. The first-order valence-corrected chi connectivity index (χ1v) is 12.1. The van der Waals surface area contributed by atoms with Crippen LogP contribution in [0.15, 0.2) is 83.9 Å². The number of nitrogens with zero attached hydrogens (tertiary/aromatic N) is 4. The van der Waals surface area contributed by atoms with Gasteiger partial charge in [-0.15, -0.1) is 0 Å². The molecule has 176 valence electrons. The van der Waals surface area contributed by atoms with Crippen LogP contribution < -0.4 is 4.74 Å². The summed E-state index contributed by atoms with van der Waals surface area (Å²) in [6, 6.07) is 21.1. The number of ether oxygens (including phenoxy) is 1. The summed E-state index contributed by atoms with van der Waals surface area (Å²) < 4.78 is 7.69. The quantitative estimate of drug-likeness (QED) is 0.377. The summed E-state index contributed by atoms with van der Waals surface area (Å²) in [4.78, 5) is 12.8. The predicted octanol–water partition coefficient (Wildman–Crippen LogP) is 5.91. The Bertz CT molecular complexity index is 1450. The molecule has 0 aliphatic carbocycles. The lowest BCUT2D eigenvalue weighted by atomic mass is 9.96. The summed E-state index contributed by atoms with van der Waals surface area (Å²) >= 11 is 0. The summed E-state index contributed by atoms with van der Waals surface area (Å²) in [5, 5.41) is 7.09. The Labute approximate surface area is 205 Å². The number of benzene rings is 3. The van der Waals surface area contributed by atoms with E-state index in [0.717, 1.165) is 54.5 Å². The van der Waals surface area contributed by atoms with Crippen molar-refractivity contribution in [3.05, 3.63) is 95.6 Å². The van der Waals surface area contributed by atoms with Gasteiger partial charge in [0, 0.05) is 18.3 Å². The Hall–Kier alpha value is -4.06. The number of hydrogen-bond donors (Lipinski definition) is 0. The number of rotatable bonds is 4. The van der Waals surface area contributed by atoms with E-state index in [1.807, 2.05) is 24.0 Å². The molecule has 1 unspecified atom stereocenters. The average Bonchev–Trinajstić information content (AvgIpc) is 3.34. The number of amidine groups is 1. The van der Waals surface area contributed by atoms with Crippen molar-refractivity contribution in [1.29, 1.82) is 0 Å². The number of imidazole rings is 1. The smallest absolute Gasteiger partial charge is 0.171 e. The van der Waals surface area contributed by atoms with Gasteiger partial charge in [-0.3, -0.25) is 0 Å². The van der Waals surface area contributed by atoms with Crippen LogP contribution in [0.4, 0.5) is 0 Å². The highest BCUT2D eigenvalue weighted by molar-refractivity contribution is 6.02. The summed E-state index contributed by atoms with van der Waals surface area (Å²) in [6.07, 6.45) is 8.00. The van der Waals surface area contributed by atoms with Crippen molar-refractivity contribution in [3.63, 3.8) is 0 Å². The fraction of sp³-hybridized carbons (Fsp3) is 0.241. The number of methoxy groups -OCH3 is 1. The van der Waals surface area contributed by atoms with Crippen LogP contribution in [0, 0.1) is 6.92 Å². The SMILES string of the molecule is COc1cc(/C=C2\CCCN3CC(c4cccc5ccccc45)ON=C23)ccc1-n1cnc(C)c1. The molecule has 0 spiro atoms. The molecule has 3 aromatic carbocycles. The van der Waals surface area contributed by atoms with E-state index >= 15 is 0 Å². The molecule has 2 aliphatic heterocycles. The number of aryl methyl sites for hydroxylation is 1. The third kappa shape index (κ3) is 4.05. The Balaban J connectivity index is 1.29. The maximum Gasteiger partial charge on any atom is 0.171 e. The second-order valence-corrected chi connectivity index (χ2v) is 9.15. The zero-order chi connectivity index (χ0) is 23.8. The van der Waals surface area contributed by atoms with Crippen molar-refractivity contribution < 1.29 is 9.57 Å². The van der Waals surface area contributed by atoms with Crippen LogP contribution in [0.5, 0.6) is 5.75 Å². The Morgan fingerprint density at radius 1 is 1.09 bits per heavy atom. The van der Waals surface area contributed by atoms with Gasteiger partial charge in [0.25, 0.3) is 0 Å². The number of piperidine rings is 1. The molecular weight excluding hydrogens is 436 g/mol. The third-order valence-corrected chi connectivity index (χ3v) is 6.82. The second-order valence-electron chi connectivity index (χ2n) is 9.15. The van der Waals surface area contributed by atoms with Gasteiger partial charge in [0.1, 0.15) is 5.75 Å². The van der Waals surface area contributed by atoms with Crippen LogP contribution in [0.2, 0.25) is 0 Å². The van der Waals surface area contributed by atoms with Gasteiger partial charge in [0.15, 0.2) is 11.9 Å². The van der Waals surface area contributed by atoms with E-state index in [1.54, 1.807) is 7.11 Å². The van der Waals surface area contributed by atoms with Gasteiger partial charge >= 0.3 is 0 Å². The molecule has 0 N–H and O–H groups in total. The van der Waals surface area contributed by atoms with Gasteiger partial charge in [-0.2, -0.15) is 0 Å². The van der Waals surface area contributed by atoms with Gasteiger partial charge < -0.3 is 19.0 Å².